The fourth-order valence-electron chi connectivity index (χ4n) is 2.07. The van der Waals surface area contributed by atoms with Crippen LogP contribution in [0.25, 0.3) is 0 Å². The van der Waals surface area contributed by atoms with Gasteiger partial charge in [0, 0.05) is 6.04 Å². The Balaban J connectivity index is 1.95. The molecule has 1 aromatic rings. The molecule has 2 unspecified atom stereocenters. The predicted octanol–water partition coefficient (Wildman–Crippen LogP) is 2.95. The van der Waals surface area contributed by atoms with Crippen LogP contribution in [0.1, 0.15) is 42.5 Å². The van der Waals surface area contributed by atoms with Gasteiger partial charge in [0.15, 0.2) is 0 Å². The number of carbonyl (C=O) groups excluding carboxylic acids is 1. The van der Waals surface area contributed by atoms with Gasteiger partial charge >= 0.3 is 0 Å². The van der Waals surface area contributed by atoms with Crippen LogP contribution in [0.5, 0.6) is 0 Å². The zero-order valence-corrected chi connectivity index (χ0v) is 9.87. The molecule has 1 fully saturated rings. The summed E-state index contributed by atoms with van der Waals surface area (Å²) in [6.45, 7) is 0. The number of hydrogen-bond acceptors (Lipinski definition) is 2. The topological polar surface area (TPSA) is 42.2 Å². The summed E-state index contributed by atoms with van der Waals surface area (Å²) in [6, 6.07) is 1.75. The molecule has 16 heavy (non-hydrogen) atoms. The van der Waals surface area contributed by atoms with Crippen molar-refractivity contribution >= 4 is 17.5 Å². The Morgan fingerprint density at radius 2 is 2.19 bits per heavy atom. The van der Waals surface area contributed by atoms with Gasteiger partial charge < -0.3 is 9.73 Å². The lowest BCUT2D eigenvalue weighted by atomic mass is 10.1. The van der Waals surface area contributed by atoms with E-state index in [1.54, 1.807) is 6.07 Å². The van der Waals surface area contributed by atoms with Crippen molar-refractivity contribution in [3.05, 3.63) is 24.2 Å². The molecule has 1 heterocycles. The number of amides is 1. The molecule has 1 aliphatic carbocycles. The van der Waals surface area contributed by atoms with Crippen LogP contribution in [-0.2, 0) is 0 Å². The van der Waals surface area contributed by atoms with E-state index in [0.717, 1.165) is 25.7 Å². The fraction of sp³-hybridized carbons (Fsp3) is 0.583. The number of hydrogen-bond donors (Lipinski definition) is 1. The van der Waals surface area contributed by atoms with Crippen LogP contribution < -0.4 is 5.32 Å². The standard InChI is InChI=1S/C12H16ClNO2/c13-10-4-2-1-3-5-11(10)14-12(15)9-6-7-16-8-9/h6-8,10-11H,1-5H2,(H,14,15). The van der Waals surface area contributed by atoms with Crippen molar-refractivity contribution in [1.29, 1.82) is 0 Å². The van der Waals surface area contributed by atoms with Crippen molar-refractivity contribution in [1.82, 2.24) is 5.32 Å². The molecule has 3 nitrogen and oxygen atoms in total. The van der Waals surface area contributed by atoms with E-state index in [4.69, 9.17) is 16.0 Å². The maximum Gasteiger partial charge on any atom is 0.254 e. The van der Waals surface area contributed by atoms with Gasteiger partial charge in [-0.1, -0.05) is 19.3 Å². The first kappa shape index (κ1) is 11.5. The molecule has 0 saturated heterocycles. The molecule has 1 N–H and O–H groups in total. The number of carbonyl (C=O) groups is 1. The molecular weight excluding hydrogens is 226 g/mol. The van der Waals surface area contributed by atoms with Crippen LogP contribution in [0.4, 0.5) is 0 Å². The molecule has 0 aliphatic heterocycles. The molecular formula is C12H16ClNO2. The van der Waals surface area contributed by atoms with Crippen LogP contribution >= 0.6 is 11.6 Å². The molecule has 1 aliphatic rings. The van der Waals surface area contributed by atoms with Crippen LogP contribution in [0, 0.1) is 0 Å². The third kappa shape index (κ3) is 2.79. The van der Waals surface area contributed by atoms with Gasteiger partial charge in [-0.15, -0.1) is 11.6 Å². The van der Waals surface area contributed by atoms with Crippen molar-refractivity contribution in [2.75, 3.05) is 0 Å². The van der Waals surface area contributed by atoms with Gasteiger partial charge in [-0.25, -0.2) is 0 Å². The first-order valence-electron chi connectivity index (χ1n) is 5.74. The first-order valence-corrected chi connectivity index (χ1v) is 6.18. The van der Waals surface area contributed by atoms with E-state index >= 15 is 0 Å². The van der Waals surface area contributed by atoms with E-state index < -0.39 is 0 Å². The highest BCUT2D eigenvalue weighted by atomic mass is 35.5. The summed E-state index contributed by atoms with van der Waals surface area (Å²) in [5.74, 6) is -0.0914. The molecule has 0 aromatic carbocycles. The minimum Gasteiger partial charge on any atom is -0.472 e. The minimum absolute atomic E-state index is 0.0540. The number of alkyl halides is 1. The smallest absolute Gasteiger partial charge is 0.254 e. The SMILES string of the molecule is O=C(NC1CCCCCC1Cl)c1ccoc1. The minimum atomic E-state index is -0.0914. The van der Waals surface area contributed by atoms with Crippen molar-refractivity contribution in [2.24, 2.45) is 0 Å². The maximum absolute atomic E-state index is 11.8. The van der Waals surface area contributed by atoms with Crippen molar-refractivity contribution in [3.8, 4) is 0 Å². The van der Waals surface area contributed by atoms with Crippen molar-refractivity contribution < 1.29 is 9.21 Å². The molecule has 0 radical (unpaired) electrons. The van der Waals surface area contributed by atoms with E-state index in [9.17, 15) is 4.79 Å². The van der Waals surface area contributed by atoms with Gasteiger partial charge in [0.2, 0.25) is 0 Å². The van der Waals surface area contributed by atoms with E-state index in [-0.39, 0.29) is 17.3 Å². The maximum atomic E-state index is 11.8. The molecule has 0 bridgehead atoms. The predicted molar refractivity (Wildman–Crippen MR) is 62.7 cm³/mol. The van der Waals surface area contributed by atoms with Gasteiger partial charge in [0.05, 0.1) is 17.2 Å². The summed E-state index contributed by atoms with van der Waals surface area (Å²) in [5.41, 5.74) is 0.563. The number of nitrogens with one attached hydrogen (secondary N) is 1. The molecule has 1 amide bonds. The average Bonchev–Trinajstić information content (AvgIpc) is 2.73. The summed E-state index contributed by atoms with van der Waals surface area (Å²) in [5, 5.41) is 3.03. The molecule has 4 heteroatoms. The lowest BCUT2D eigenvalue weighted by Gasteiger charge is -2.20. The molecule has 0 spiro atoms. The Hall–Kier alpha value is -0.960. The Bertz CT molecular complexity index is 337. The quantitative estimate of drug-likeness (QED) is 0.639. The Morgan fingerprint density at radius 1 is 1.38 bits per heavy atom. The summed E-state index contributed by atoms with van der Waals surface area (Å²) >= 11 is 6.25. The van der Waals surface area contributed by atoms with Gasteiger partial charge in [-0.3, -0.25) is 4.79 Å². The number of halogens is 1. The largest absolute Gasteiger partial charge is 0.472 e. The number of rotatable bonds is 2. The zero-order chi connectivity index (χ0) is 11.4. The third-order valence-electron chi connectivity index (χ3n) is 3.03. The zero-order valence-electron chi connectivity index (χ0n) is 9.12. The van der Waals surface area contributed by atoms with Crippen molar-refractivity contribution in [2.45, 2.75) is 43.5 Å². The lowest BCUT2D eigenvalue weighted by Crippen LogP contribution is -2.40. The summed E-state index contributed by atoms with van der Waals surface area (Å²) in [7, 11) is 0. The summed E-state index contributed by atoms with van der Waals surface area (Å²) in [4.78, 5) is 11.8. The third-order valence-corrected chi connectivity index (χ3v) is 3.55. The van der Waals surface area contributed by atoms with Gasteiger partial charge in [-0.05, 0) is 18.9 Å². The Morgan fingerprint density at radius 3 is 2.94 bits per heavy atom. The van der Waals surface area contributed by atoms with Gasteiger partial charge in [0.25, 0.3) is 5.91 Å². The average molecular weight is 242 g/mol. The van der Waals surface area contributed by atoms with E-state index in [1.807, 2.05) is 0 Å². The molecule has 2 atom stereocenters. The van der Waals surface area contributed by atoms with Crippen LogP contribution in [0.2, 0.25) is 0 Å². The summed E-state index contributed by atoms with van der Waals surface area (Å²) in [6.07, 6.45) is 8.41. The van der Waals surface area contributed by atoms with Gasteiger partial charge in [-0.2, -0.15) is 0 Å². The molecule has 1 aromatic heterocycles. The van der Waals surface area contributed by atoms with Crippen LogP contribution in [0.15, 0.2) is 23.0 Å². The van der Waals surface area contributed by atoms with Gasteiger partial charge in [0.1, 0.15) is 6.26 Å². The summed E-state index contributed by atoms with van der Waals surface area (Å²) < 4.78 is 4.88. The molecule has 88 valence electrons. The Kier molecular flexibility index (Phi) is 3.88. The fourth-order valence-corrected chi connectivity index (χ4v) is 2.41. The second kappa shape index (κ2) is 5.39. The molecule has 1 saturated carbocycles. The normalized spacial score (nSPS) is 26.1. The second-order valence-corrected chi connectivity index (χ2v) is 4.81. The highest BCUT2D eigenvalue weighted by Crippen LogP contribution is 2.22. The number of furan rings is 1. The highest BCUT2D eigenvalue weighted by molar-refractivity contribution is 6.21. The van der Waals surface area contributed by atoms with E-state index in [0.29, 0.717) is 5.56 Å². The Labute approximate surface area is 100 Å². The van der Waals surface area contributed by atoms with Crippen molar-refractivity contribution in [3.63, 3.8) is 0 Å². The van der Waals surface area contributed by atoms with Crippen LogP contribution in [0.3, 0.4) is 0 Å². The van der Waals surface area contributed by atoms with E-state index in [2.05, 4.69) is 5.32 Å². The highest BCUT2D eigenvalue weighted by Gasteiger charge is 2.23. The molecule has 2 rings (SSSR count). The van der Waals surface area contributed by atoms with E-state index in [1.165, 1.54) is 18.9 Å². The lowest BCUT2D eigenvalue weighted by molar-refractivity contribution is 0.0933. The first-order chi connectivity index (χ1) is 7.77. The van der Waals surface area contributed by atoms with Crippen LogP contribution in [-0.4, -0.2) is 17.3 Å². The monoisotopic (exact) mass is 241 g/mol. The second-order valence-electron chi connectivity index (χ2n) is 4.25.